The van der Waals surface area contributed by atoms with E-state index in [4.69, 9.17) is 12.2 Å². The average Bonchev–Trinajstić information content (AvgIpc) is 2.15. The Balaban J connectivity index is 3.82. The molecular formula is C12H22N2O. The van der Waals surface area contributed by atoms with Crippen LogP contribution >= 0.6 is 0 Å². The average molecular weight is 210 g/mol. The standard InChI is InChI=1S/C12H22N2O/c1-5-12(3,4)14-11(15)7-6-10(2)8-9-13/h1,10H,6-9,13H2,2-4H3,(H,14,15). The largest absolute Gasteiger partial charge is 0.340 e. The van der Waals surface area contributed by atoms with E-state index >= 15 is 0 Å². The van der Waals surface area contributed by atoms with Crippen LogP contribution in [0.4, 0.5) is 0 Å². The van der Waals surface area contributed by atoms with Crippen molar-refractivity contribution in [2.24, 2.45) is 11.7 Å². The number of nitrogens with two attached hydrogens (primary N) is 1. The minimum atomic E-state index is -0.547. The first-order valence-electron chi connectivity index (χ1n) is 5.40. The van der Waals surface area contributed by atoms with Gasteiger partial charge in [0, 0.05) is 6.42 Å². The molecule has 3 N–H and O–H groups in total. The van der Waals surface area contributed by atoms with Crippen molar-refractivity contribution in [1.29, 1.82) is 0 Å². The zero-order valence-corrected chi connectivity index (χ0v) is 9.97. The summed E-state index contributed by atoms with van der Waals surface area (Å²) < 4.78 is 0. The van der Waals surface area contributed by atoms with Crippen molar-refractivity contribution in [3.8, 4) is 12.3 Å². The molecule has 0 aliphatic carbocycles. The highest BCUT2D eigenvalue weighted by molar-refractivity contribution is 5.77. The second kappa shape index (κ2) is 6.47. The normalized spacial score (nSPS) is 13.0. The second-order valence-electron chi connectivity index (χ2n) is 4.54. The van der Waals surface area contributed by atoms with Crippen LogP contribution in [0, 0.1) is 18.3 Å². The van der Waals surface area contributed by atoms with Gasteiger partial charge < -0.3 is 11.1 Å². The van der Waals surface area contributed by atoms with Gasteiger partial charge in [-0.15, -0.1) is 6.42 Å². The zero-order valence-electron chi connectivity index (χ0n) is 9.97. The molecule has 0 spiro atoms. The van der Waals surface area contributed by atoms with Gasteiger partial charge in [-0.2, -0.15) is 0 Å². The van der Waals surface area contributed by atoms with Gasteiger partial charge in [0.2, 0.25) is 5.91 Å². The fourth-order valence-electron chi connectivity index (χ4n) is 1.25. The van der Waals surface area contributed by atoms with Crippen molar-refractivity contribution >= 4 is 5.91 Å². The molecule has 1 unspecified atom stereocenters. The molecule has 3 heteroatoms. The number of hydrogen-bond acceptors (Lipinski definition) is 2. The molecule has 0 radical (unpaired) electrons. The first-order valence-corrected chi connectivity index (χ1v) is 5.40. The van der Waals surface area contributed by atoms with E-state index in [1.165, 1.54) is 0 Å². The van der Waals surface area contributed by atoms with E-state index in [2.05, 4.69) is 18.2 Å². The Morgan fingerprint density at radius 1 is 1.53 bits per heavy atom. The lowest BCUT2D eigenvalue weighted by atomic mass is 10.0. The first kappa shape index (κ1) is 14.0. The molecule has 86 valence electrons. The molecule has 3 nitrogen and oxygen atoms in total. The van der Waals surface area contributed by atoms with E-state index in [-0.39, 0.29) is 5.91 Å². The lowest BCUT2D eigenvalue weighted by Crippen LogP contribution is -2.42. The highest BCUT2D eigenvalue weighted by atomic mass is 16.1. The van der Waals surface area contributed by atoms with Gasteiger partial charge in [0.05, 0.1) is 5.54 Å². The van der Waals surface area contributed by atoms with E-state index in [1.54, 1.807) is 0 Å². The van der Waals surface area contributed by atoms with Crippen LogP contribution in [0.1, 0.15) is 40.0 Å². The molecule has 0 aromatic heterocycles. The van der Waals surface area contributed by atoms with Crippen LogP contribution in [0.15, 0.2) is 0 Å². The Bertz CT molecular complexity index is 240. The molecule has 0 fully saturated rings. The Labute approximate surface area is 92.8 Å². The Morgan fingerprint density at radius 3 is 2.60 bits per heavy atom. The summed E-state index contributed by atoms with van der Waals surface area (Å²) in [5, 5.41) is 2.80. The molecule has 0 rings (SSSR count). The van der Waals surface area contributed by atoms with Gasteiger partial charge >= 0.3 is 0 Å². The van der Waals surface area contributed by atoms with Crippen molar-refractivity contribution in [1.82, 2.24) is 5.32 Å². The van der Waals surface area contributed by atoms with Gasteiger partial charge in [-0.3, -0.25) is 4.79 Å². The number of rotatable bonds is 6. The van der Waals surface area contributed by atoms with E-state index < -0.39 is 5.54 Å². The number of terminal acetylenes is 1. The summed E-state index contributed by atoms with van der Waals surface area (Å²) in [5.74, 6) is 3.04. The minimum Gasteiger partial charge on any atom is -0.340 e. The van der Waals surface area contributed by atoms with Crippen molar-refractivity contribution in [2.75, 3.05) is 6.54 Å². The maximum atomic E-state index is 11.5. The van der Waals surface area contributed by atoms with Crippen LogP contribution < -0.4 is 11.1 Å². The van der Waals surface area contributed by atoms with Gasteiger partial charge in [0.15, 0.2) is 0 Å². The van der Waals surface area contributed by atoms with E-state index in [9.17, 15) is 4.79 Å². The topological polar surface area (TPSA) is 55.1 Å². The Kier molecular flexibility index (Phi) is 6.03. The van der Waals surface area contributed by atoms with Crippen LogP contribution in [0.3, 0.4) is 0 Å². The molecule has 0 aliphatic heterocycles. The first-order chi connectivity index (χ1) is 6.91. The molecule has 0 heterocycles. The monoisotopic (exact) mass is 210 g/mol. The molecule has 1 atom stereocenters. The SMILES string of the molecule is C#CC(C)(C)NC(=O)CCC(C)CCN. The van der Waals surface area contributed by atoms with Gasteiger partial charge in [0.1, 0.15) is 0 Å². The van der Waals surface area contributed by atoms with E-state index in [0.717, 1.165) is 12.8 Å². The molecule has 0 aromatic carbocycles. The maximum absolute atomic E-state index is 11.5. The minimum absolute atomic E-state index is 0.0156. The summed E-state index contributed by atoms with van der Waals surface area (Å²) in [7, 11) is 0. The smallest absolute Gasteiger partial charge is 0.221 e. The molecule has 15 heavy (non-hydrogen) atoms. The van der Waals surface area contributed by atoms with Gasteiger partial charge in [-0.05, 0) is 39.2 Å². The zero-order chi connectivity index (χ0) is 11.9. The summed E-state index contributed by atoms with van der Waals surface area (Å²) in [6.45, 7) is 6.41. The summed E-state index contributed by atoms with van der Waals surface area (Å²) in [6.07, 6.45) is 7.63. The van der Waals surface area contributed by atoms with Crippen LogP contribution in [0.5, 0.6) is 0 Å². The highest BCUT2D eigenvalue weighted by Crippen LogP contribution is 2.09. The number of carbonyl (C=O) groups is 1. The molecule has 0 saturated heterocycles. The van der Waals surface area contributed by atoms with Crippen molar-refractivity contribution < 1.29 is 4.79 Å². The molecule has 1 amide bonds. The fraction of sp³-hybridized carbons (Fsp3) is 0.750. The third-order valence-electron chi connectivity index (χ3n) is 2.34. The quantitative estimate of drug-likeness (QED) is 0.649. The Hall–Kier alpha value is -1.01. The molecule has 0 aliphatic rings. The second-order valence-corrected chi connectivity index (χ2v) is 4.54. The lowest BCUT2D eigenvalue weighted by Gasteiger charge is -2.20. The summed E-state index contributed by atoms with van der Waals surface area (Å²) >= 11 is 0. The fourth-order valence-corrected chi connectivity index (χ4v) is 1.25. The third-order valence-corrected chi connectivity index (χ3v) is 2.34. The maximum Gasteiger partial charge on any atom is 0.221 e. The van der Waals surface area contributed by atoms with E-state index in [0.29, 0.717) is 18.9 Å². The number of hydrogen-bond donors (Lipinski definition) is 2. The number of nitrogens with one attached hydrogen (secondary N) is 1. The van der Waals surface area contributed by atoms with Gasteiger partial charge in [0.25, 0.3) is 0 Å². The predicted molar refractivity (Wildman–Crippen MR) is 63.1 cm³/mol. The van der Waals surface area contributed by atoms with Gasteiger partial charge in [-0.25, -0.2) is 0 Å². The summed E-state index contributed by atoms with van der Waals surface area (Å²) in [4.78, 5) is 11.5. The van der Waals surface area contributed by atoms with Crippen molar-refractivity contribution in [3.05, 3.63) is 0 Å². The van der Waals surface area contributed by atoms with Crippen LogP contribution in [0.2, 0.25) is 0 Å². The number of amides is 1. The Morgan fingerprint density at radius 2 is 2.13 bits per heavy atom. The molecular weight excluding hydrogens is 188 g/mol. The number of carbonyl (C=O) groups excluding carboxylic acids is 1. The van der Waals surface area contributed by atoms with Crippen molar-refractivity contribution in [2.45, 2.75) is 45.6 Å². The molecule has 0 aromatic rings. The highest BCUT2D eigenvalue weighted by Gasteiger charge is 2.16. The lowest BCUT2D eigenvalue weighted by molar-refractivity contribution is -0.122. The molecule has 0 bridgehead atoms. The summed E-state index contributed by atoms with van der Waals surface area (Å²) in [6, 6.07) is 0. The van der Waals surface area contributed by atoms with Crippen LogP contribution in [0.25, 0.3) is 0 Å². The van der Waals surface area contributed by atoms with Gasteiger partial charge in [-0.1, -0.05) is 12.8 Å². The molecule has 0 saturated carbocycles. The summed E-state index contributed by atoms with van der Waals surface area (Å²) in [5.41, 5.74) is 4.88. The van der Waals surface area contributed by atoms with Crippen LogP contribution in [-0.4, -0.2) is 18.0 Å². The van der Waals surface area contributed by atoms with E-state index in [1.807, 2.05) is 13.8 Å². The van der Waals surface area contributed by atoms with Crippen LogP contribution in [-0.2, 0) is 4.79 Å². The third kappa shape index (κ3) is 6.98. The van der Waals surface area contributed by atoms with Crippen molar-refractivity contribution in [3.63, 3.8) is 0 Å². The predicted octanol–water partition coefficient (Wildman–Crippen LogP) is 1.28.